The second kappa shape index (κ2) is 5.58. The number of amides is 1. The number of alkyl halides is 1. The Bertz CT molecular complexity index is 795. The van der Waals surface area contributed by atoms with Crippen LogP contribution in [0.3, 0.4) is 0 Å². The van der Waals surface area contributed by atoms with Gasteiger partial charge in [0.2, 0.25) is 5.91 Å². The number of halogens is 1. The average Bonchev–Trinajstić information content (AvgIpc) is 2.95. The summed E-state index contributed by atoms with van der Waals surface area (Å²) in [5, 5.41) is 3.28. The van der Waals surface area contributed by atoms with Gasteiger partial charge in [-0.05, 0) is 42.3 Å². The molecule has 106 valence electrons. The Morgan fingerprint density at radius 1 is 1.33 bits per heavy atom. The third kappa shape index (κ3) is 2.76. The molecule has 0 aliphatic heterocycles. The summed E-state index contributed by atoms with van der Waals surface area (Å²) in [7, 11) is 0. The van der Waals surface area contributed by atoms with Crippen LogP contribution in [0, 0.1) is 0 Å². The lowest BCUT2D eigenvalue weighted by Gasteiger charge is -2.09. The fourth-order valence-electron chi connectivity index (χ4n) is 2.22. The van der Waals surface area contributed by atoms with Crippen molar-refractivity contribution in [3.8, 4) is 11.1 Å². The Kier molecular flexibility index (Phi) is 3.62. The summed E-state index contributed by atoms with van der Waals surface area (Å²) in [6.07, 6.45) is 3.63. The highest BCUT2D eigenvalue weighted by molar-refractivity contribution is 6.32. The lowest BCUT2D eigenvalue weighted by molar-refractivity contribution is -0.115. The number of hydrogen-bond acceptors (Lipinski definition) is 2. The summed E-state index contributed by atoms with van der Waals surface area (Å²) >= 11 is 5.77. The highest BCUT2D eigenvalue weighted by Gasteiger charge is 2.10. The van der Waals surface area contributed by atoms with Crippen LogP contribution in [0.25, 0.3) is 22.2 Å². The van der Waals surface area contributed by atoms with Crippen molar-refractivity contribution in [1.82, 2.24) is 9.97 Å². The Morgan fingerprint density at radius 3 is 3.00 bits per heavy atom. The molecule has 1 aromatic carbocycles. The fourth-order valence-corrected chi connectivity index (χ4v) is 2.27. The summed E-state index contributed by atoms with van der Waals surface area (Å²) in [6.45, 7) is 1.65. The van der Waals surface area contributed by atoms with E-state index in [2.05, 4.69) is 15.3 Å². The summed E-state index contributed by atoms with van der Waals surface area (Å²) in [6, 6.07) is 11.6. The Labute approximate surface area is 127 Å². The quantitative estimate of drug-likeness (QED) is 0.723. The number of rotatable bonds is 3. The van der Waals surface area contributed by atoms with Crippen molar-refractivity contribution in [2.75, 3.05) is 5.32 Å². The lowest BCUT2D eigenvalue weighted by Crippen LogP contribution is -2.20. The number of benzene rings is 1. The number of aromatic nitrogens is 2. The van der Waals surface area contributed by atoms with E-state index >= 15 is 0 Å². The molecule has 0 aliphatic rings. The molecule has 5 heteroatoms. The number of aromatic amines is 1. The van der Waals surface area contributed by atoms with Crippen LogP contribution in [0.4, 0.5) is 5.69 Å². The number of pyridine rings is 1. The Hall–Kier alpha value is -2.33. The van der Waals surface area contributed by atoms with E-state index < -0.39 is 5.38 Å². The van der Waals surface area contributed by atoms with Gasteiger partial charge >= 0.3 is 0 Å². The molecule has 0 fully saturated rings. The maximum atomic E-state index is 11.7. The van der Waals surface area contributed by atoms with Crippen molar-refractivity contribution in [1.29, 1.82) is 0 Å². The first-order valence-electron chi connectivity index (χ1n) is 6.62. The van der Waals surface area contributed by atoms with Crippen molar-refractivity contribution in [2.45, 2.75) is 12.3 Å². The predicted molar refractivity (Wildman–Crippen MR) is 85.5 cm³/mol. The Balaban J connectivity index is 2.00. The van der Waals surface area contributed by atoms with E-state index in [1.807, 2.05) is 42.6 Å². The number of carbonyl (C=O) groups excluding carboxylic acids is 1. The van der Waals surface area contributed by atoms with Gasteiger partial charge in [-0.1, -0.05) is 12.1 Å². The summed E-state index contributed by atoms with van der Waals surface area (Å²) in [5.74, 6) is -0.213. The van der Waals surface area contributed by atoms with Crippen molar-refractivity contribution in [2.24, 2.45) is 0 Å². The summed E-state index contributed by atoms with van der Waals surface area (Å²) < 4.78 is 0. The van der Waals surface area contributed by atoms with Crippen LogP contribution >= 0.6 is 11.6 Å². The van der Waals surface area contributed by atoms with E-state index in [0.29, 0.717) is 0 Å². The minimum atomic E-state index is -0.564. The topological polar surface area (TPSA) is 57.8 Å². The van der Waals surface area contributed by atoms with Gasteiger partial charge in [0.05, 0.1) is 0 Å². The molecule has 2 heterocycles. The molecular weight excluding hydrogens is 286 g/mol. The zero-order chi connectivity index (χ0) is 14.8. The second-order valence-corrected chi connectivity index (χ2v) is 5.44. The zero-order valence-corrected chi connectivity index (χ0v) is 12.2. The van der Waals surface area contributed by atoms with Gasteiger partial charge in [0.25, 0.3) is 0 Å². The highest BCUT2D eigenvalue weighted by atomic mass is 35.5. The number of nitrogens with one attached hydrogen (secondary N) is 2. The molecule has 0 radical (unpaired) electrons. The fraction of sp³-hybridized carbons (Fsp3) is 0.125. The minimum Gasteiger partial charge on any atom is -0.346 e. The molecule has 2 aromatic heterocycles. The largest absolute Gasteiger partial charge is 0.346 e. The van der Waals surface area contributed by atoms with Gasteiger partial charge in [-0.3, -0.25) is 4.79 Å². The second-order valence-electron chi connectivity index (χ2n) is 4.78. The number of anilines is 1. The molecule has 0 saturated heterocycles. The molecule has 0 saturated carbocycles. The zero-order valence-electron chi connectivity index (χ0n) is 11.4. The lowest BCUT2D eigenvalue weighted by atomic mass is 10.0. The van der Waals surface area contributed by atoms with E-state index in [0.717, 1.165) is 27.8 Å². The summed E-state index contributed by atoms with van der Waals surface area (Å²) in [5.41, 5.74) is 3.65. The first-order chi connectivity index (χ1) is 10.1. The summed E-state index contributed by atoms with van der Waals surface area (Å²) in [4.78, 5) is 19.0. The van der Waals surface area contributed by atoms with Crippen LogP contribution < -0.4 is 5.32 Å². The normalized spacial score (nSPS) is 12.3. The van der Waals surface area contributed by atoms with Crippen LogP contribution in [0.1, 0.15) is 6.92 Å². The Morgan fingerprint density at radius 2 is 2.19 bits per heavy atom. The van der Waals surface area contributed by atoms with Gasteiger partial charge in [-0.25, -0.2) is 4.98 Å². The number of nitrogens with zero attached hydrogens (tertiary/aromatic N) is 1. The maximum Gasteiger partial charge on any atom is 0.242 e. The first-order valence-corrected chi connectivity index (χ1v) is 7.06. The molecule has 1 atom stereocenters. The van der Waals surface area contributed by atoms with Gasteiger partial charge < -0.3 is 10.3 Å². The van der Waals surface area contributed by atoms with E-state index in [-0.39, 0.29) is 5.91 Å². The molecule has 3 aromatic rings. The molecule has 4 nitrogen and oxygen atoms in total. The van der Waals surface area contributed by atoms with E-state index in [4.69, 9.17) is 11.6 Å². The van der Waals surface area contributed by atoms with E-state index in [1.165, 1.54) is 0 Å². The smallest absolute Gasteiger partial charge is 0.242 e. The van der Waals surface area contributed by atoms with Crippen LogP contribution in [-0.4, -0.2) is 21.3 Å². The molecule has 3 rings (SSSR count). The number of H-pyrrole nitrogens is 1. The van der Waals surface area contributed by atoms with E-state index in [9.17, 15) is 4.79 Å². The molecule has 2 N–H and O–H groups in total. The van der Waals surface area contributed by atoms with E-state index in [1.54, 1.807) is 13.1 Å². The van der Waals surface area contributed by atoms with Gasteiger partial charge in [0.15, 0.2) is 0 Å². The third-order valence-electron chi connectivity index (χ3n) is 3.26. The molecule has 0 bridgehead atoms. The SMILES string of the molecule is CC(Cl)C(=O)Nc1cccc(-c2ccnc3[nH]ccc23)c1. The van der Waals surface area contributed by atoms with Gasteiger partial charge in [-0.15, -0.1) is 11.6 Å². The molecule has 0 aliphatic carbocycles. The van der Waals surface area contributed by atoms with Gasteiger partial charge in [0.1, 0.15) is 11.0 Å². The molecule has 21 heavy (non-hydrogen) atoms. The average molecular weight is 300 g/mol. The maximum absolute atomic E-state index is 11.7. The number of hydrogen-bond donors (Lipinski definition) is 2. The van der Waals surface area contributed by atoms with Crippen molar-refractivity contribution < 1.29 is 4.79 Å². The third-order valence-corrected chi connectivity index (χ3v) is 3.46. The molecular formula is C16H14ClN3O. The molecule has 0 spiro atoms. The predicted octanol–water partition coefficient (Wildman–Crippen LogP) is 3.80. The number of fused-ring (bicyclic) bond motifs is 1. The van der Waals surface area contributed by atoms with Crippen molar-refractivity contribution in [3.05, 3.63) is 48.8 Å². The van der Waals surface area contributed by atoms with Crippen LogP contribution in [0.15, 0.2) is 48.8 Å². The van der Waals surface area contributed by atoms with Gasteiger partial charge in [0, 0.05) is 23.5 Å². The highest BCUT2D eigenvalue weighted by Crippen LogP contribution is 2.28. The molecule has 1 unspecified atom stereocenters. The molecule has 1 amide bonds. The standard InChI is InChI=1S/C16H14ClN3O/c1-10(17)16(21)20-12-4-2-3-11(9-12)13-5-7-18-15-14(13)6-8-19-15/h2-10H,1H3,(H,18,19)(H,20,21). The first kappa shape index (κ1) is 13.6. The van der Waals surface area contributed by atoms with Crippen molar-refractivity contribution >= 4 is 34.2 Å². The van der Waals surface area contributed by atoms with Gasteiger partial charge in [-0.2, -0.15) is 0 Å². The minimum absolute atomic E-state index is 0.213. The van der Waals surface area contributed by atoms with Crippen molar-refractivity contribution in [3.63, 3.8) is 0 Å². The number of carbonyl (C=O) groups is 1. The monoisotopic (exact) mass is 299 g/mol. The van der Waals surface area contributed by atoms with Crippen LogP contribution in [0.2, 0.25) is 0 Å². The van der Waals surface area contributed by atoms with Crippen LogP contribution in [0.5, 0.6) is 0 Å². The van der Waals surface area contributed by atoms with Crippen LogP contribution in [-0.2, 0) is 4.79 Å².